The highest BCUT2D eigenvalue weighted by molar-refractivity contribution is 5.76. The summed E-state index contributed by atoms with van der Waals surface area (Å²) in [4.78, 5) is 12.0. The number of imidazole rings is 1. The van der Waals surface area contributed by atoms with Crippen molar-refractivity contribution in [1.82, 2.24) is 9.97 Å². The molecule has 1 aromatic heterocycles. The Balaban J connectivity index is 2.47. The van der Waals surface area contributed by atoms with Crippen molar-refractivity contribution in [3.8, 4) is 0 Å². The number of hydrogen-bond donors (Lipinski definition) is 2. The molecule has 0 saturated carbocycles. The van der Waals surface area contributed by atoms with Crippen LogP contribution in [0.3, 0.4) is 0 Å². The van der Waals surface area contributed by atoms with Crippen molar-refractivity contribution in [3.63, 3.8) is 0 Å². The number of H-pyrrole nitrogens is 1. The summed E-state index contributed by atoms with van der Waals surface area (Å²) < 4.78 is 0. The van der Waals surface area contributed by atoms with Gasteiger partial charge < -0.3 is 4.98 Å². The van der Waals surface area contributed by atoms with Gasteiger partial charge in [-0.1, -0.05) is 12.1 Å². The predicted molar refractivity (Wildman–Crippen MR) is 46.7 cm³/mol. The van der Waals surface area contributed by atoms with Gasteiger partial charge >= 0.3 is 0 Å². The molecule has 0 saturated heterocycles. The smallest absolute Gasteiger partial charge is 0.225 e. The molecule has 1 aromatic carbocycles. The van der Waals surface area contributed by atoms with Gasteiger partial charge in [0.25, 0.3) is 0 Å². The van der Waals surface area contributed by atoms with E-state index in [4.69, 9.17) is 4.84 Å². The lowest BCUT2D eigenvalue weighted by atomic mass is 10.3. The van der Waals surface area contributed by atoms with Crippen LogP contribution in [-0.2, 0) is 4.84 Å². The van der Waals surface area contributed by atoms with Gasteiger partial charge in [0.05, 0.1) is 18.1 Å². The minimum atomic E-state index is 0.624. The zero-order valence-electron chi connectivity index (χ0n) is 6.66. The van der Waals surface area contributed by atoms with E-state index in [2.05, 4.69) is 15.4 Å². The summed E-state index contributed by atoms with van der Waals surface area (Å²) in [6.07, 6.45) is 0. The van der Waals surface area contributed by atoms with Crippen LogP contribution in [0.15, 0.2) is 24.3 Å². The van der Waals surface area contributed by atoms with Crippen LogP contribution in [-0.4, -0.2) is 17.1 Å². The first-order chi connectivity index (χ1) is 5.90. The fourth-order valence-electron chi connectivity index (χ4n) is 1.10. The molecule has 62 valence electrons. The molecule has 4 heteroatoms. The number of para-hydroxylation sites is 2. The van der Waals surface area contributed by atoms with Gasteiger partial charge in [-0.2, -0.15) is 0 Å². The highest BCUT2D eigenvalue weighted by Crippen LogP contribution is 2.12. The van der Waals surface area contributed by atoms with Crippen molar-refractivity contribution < 1.29 is 4.84 Å². The van der Waals surface area contributed by atoms with Crippen LogP contribution >= 0.6 is 0 Å². The van der Waals surface area contributed by atoms with Gasteiger partial charge in [0, 0.05) is 0 Å². The Hall–Kier alpha value is -1.55. The van der Waals surface area contributed by atoms with E-state index in [1.807, 2.05) is 24.3 Å². The van der Waals surface area contributed by atoms with E-state index in [1.165, 1.54) is 0 Å². The Morgan fingerprint density at radius 2 is 2.25 bits per heavy atom. The lowest BCUT2D eigenvalue weighted by Crippen LogP contribution is -1.96. The summed E-state index contributed by atoms with van der Waals surface area (Å²) >= 11 is 0. The monoisotopic (exact) mass is 163 g/mol. The molecule has 0 aliphatic carbocycles. The third-order valence-electron chi connectivity index (χ3n) is 1.59. The number of nitrogens with zero attached hydrogens (tertiary/aromatic N) is 1. The molecule has 0 spiro atoms. The minimum absolute atomic E-state index is 0.624. The number of aromatic amines is 1. The number of hydrogen-bond acceptors (Lipinski definition) is 3. The average molecular weight is 163 g/mol. The number of anilines is 1. The predicted octanol–water partition coefficient (Wildman–Crippen LogP) is 1.54. The topological polar surface area (TPSA) is 49.9 Å². The van der Waals surface area contributed by atoms with E-state index in [1.54, 1.807) is 7.11 Å². The van der Waals surface area contributed by atoms with Gasteiger partial charge in [0.1, 0.15) is 0 Å². The van der Waals surface area contributed by atoms with Gasteiger partial charge in [-0.05, 0) is 12.1 Å². The molecule has 1 heterocycles. The summed E-state index contributed by atoms with van der Waals surface area (Å²) in [6.45, 7) is 0. The molecule has 0 bridgehead atoms. The van der Waals surface area contributed by atoms with E-state index >= 15 is 0 Å². The molecular formula is C8H9N3O. The van der Waals surface area contributed by atoms with Crippen molar-refractivity contribution >= 4 is 17.0 Å². The van der Waals surface area contributed by atoms with Crippen molar-refractivity contribution in [1.29, 1.82) is 0 Å². The fraction of sp³-hybridized carbons (Fsp3) is 0.125. The Bertz CT molecular complexity index is 349. The molecule has 0 fully saturated rings. The SMILES string of the molecule is CONc1nc2ccccc2[nH]1. The molecule has 4 nitrogen and oxygen atoms in total. The molecule has 2 aromatic rings. The van der Waals surface area contributed by atoms with Crippen LogP contribution < -0.4 is 5.48 Å². The molecule has 0 radical (unpaired) electrons. The first kappa shape index (κ1) is 7.12. The standard InChI is InChI=1S/C8H9N3O/c1-12-11-8-9-6-4-2-3-5-7(6)10-8/h2-5H,1H3,(H2,9,10,11). The van der Waals surface area contributed by atoms with Crippen LogP contribution in [0.25, 0.3) is 11.0 Å². The van der Waals surface area contributed by atoms with Crippen molar-refractivity contribution in [2.24, 2.45) is 0 Å². The number of fused-ring (bicyclic) bond motifs is 1. The maximum absolute atomic E-state index is 4.71. The molecule has 2 rings (SSSR count). The van der Waals surface area contributed by atoms with Crippen LogP contribution in [0.2, 0.25) is 0 Å². The average Bonchev–Trinajstić information content (AvgIpc) is 2.47. The van der Waals surface area contributed by atoms with Crippen LogP contribution in [0.5, 0.6) is 0 Å². The largest absolute Gasteiger partial charge is 0.322 e. The van der Waals surface area contributed by atoms with Gasteiger partial charge in [-0.15, -0.1) is 0 Å². The molecule has 0 aliphatic heterocycles. The number of nitrogens with one attached hydrogen (secondary N) is 2. The van der Waals surface area contributed by atoms with Crippen LogP contribution in [0.1, 0.15) is 0 Å². The first-order valence-electron chi connectivity index (χ1n) is 3.64. The quantitative estimate of drug-likeness (QED) is 0.660. The maximum Gasteiger partial charge on any atom is 0.225 e. The Morgan fingerprint density at radius 3 is 3.00 bits per heavy atom. The van der Waals surface area contributed by atoms with Gasteiger partial charge in [0.15, 0.2) is 0 Å². The van der Waals surface area contributed by atoms with Gasteiger partial charge in [-0.3, -0.25) is 4.84 Å². The van der Waals surface area contributed by atoms with Crippen molar-refractivity contribution in [2.75, 3.05) is 12.6 Å². The van der Waals surface area contributed by atoms with E-state index in [9.17, 15) is 0 Å². The summed E-state index contributed by atoms with van der Waals surface area (Å²) in [5, 5.41) is 0. The Kier molecular flexibility index (Phi) is 1.68. The molecule has 2 N–H and O–H groups in total. The summed E-state index contributed by atoms with van der Waals surface area (Å²) in [6, 6.07) is 7.80. The minimum Gasteiger partial charge on any atom is -0.322 e. The van der Waals surface area contributed by atoms with E-state index in [0.717, 1.165) is 11.0 Å². The molecule has 0 amide bonds. The maximum atomic E-state index is 4.71. The van der Waals surface area contributed by atoms with Crippen molar-refractivity contribution in [3.05, 3.63) is 24.3 Å². The highest BCUT2D eigenvalue weighted by Gasteiger charge is 1.98. The van der Waals surface area contributed by atoms with Crippen molar-refractivity contribution in [2.45, 2.75) is 0 Å². The fourth-order valence-corrected chi connectivity index (χ4v) is 1.10. The van der Waals surface area contributed by atoms with E-state index in [-0.39, 0.29) is 0 Å². The van der Waals surface area contributed by atoms with E-state index < -0.39 is 0 Å². The Morgan fingerprint density at radius 1 is 1.42 bits per heavy atom. The lowest BCUT2D eigenvalue weighted by molar-refractivity contribution is 0.267. The lowest BCUT2D eigenvalue weighted by Gasteiger charge is -1.93. The summed E-state index contributed by atoms with van der Waals surface area (Å²) in [5.41, 5.74) is 4.56. The zero-order valence-corrected chi connectivity index (χ0v) is 6.66. The second-order valence-corrected chi connectivity index (χ2v) is 2.41. The number of benzene rings is 1. The van der Waals surface area contributed by atoms with Crippen LogP contribution in [0, 0.1) is 0 Å². The summed E-state index contributed by atoms with van der Waals surface area (Å²) in [7, 11) is 1.55. The molecule has 12 heavy (non-hydrogen) atoms. The first-order valence-corrected chi connectivity index (χ1v) is 3.64. The molecule has 0 aliphatic rings. The third-order valence-corrected chi connectivity index (χ3v) is 1.59. The highest BCUT2D eigenvalue weighted by atomic mass is 16.6. The van der Waals surface area contributed by atoms with Crippen LogP contribution in [0.4, 0.5) is 5.95 Å². The molecule has 0 unspecified atom stereocenters. The zero-order chi connectivity index (χ0) is 8.39. The number of rotatable bonds is 2. The Labute approximate surface area is 69.5 Å². The second-order valence-electron chi connectivity index (χ2n) is 2.41. The van der Waals surface area contributed by atoms with E-state index in [0.29, 0.717) is 5.95 Å². The third kappa shape index (κ3) is 1.12. The van der Waals surface area contributed by atoms with Gasteiger partial charge in [-0.25, -0.2) is 10.5 Å². The molecular weight excluding hydrogens is 154 g/mol. The second kappa shape index (κ2) is 2.83. The number of aromatic nitrogens is 2. The van der Waals surface area contributed by atoms with Gasteiger partial charge in [0.2, 0.25) is 5.95 Å². The molecule has 0 atom stereocenters. The normalized spacial score (nSPS) is 10.4. The summed E-state index contributed by atoms with van der Waals surface area (Å²) in [5.74, 6) is 0.624.